The Labute approximate surface area is 132 Å². The lowest BCUT2D eigenvalue weighted by Gasteiger charge is -2.21. The maximum absolute atomic E-state index is 10.4. The molecule has 0 aliphatic carbocycles. The molecular weight excluding hydrogens is 272 g/mol. The van der Waals surface area contributed by atoms with Crippen molar-refractivity contribution in [1.29, 1.82) is 0 Å². The molecule has 2 aromatic carbocycles. The molecule has 116 valence electrons. The number of hydrogen-bond donors (Lipinski definition) is 3. The predicted octanol–water partition coefficient (Wildman–Crippen LogP) is 3.57. The van der Waals surface area contributed by atoms with Crippen LogP contribution in [0.4, 0.5) is 5.69 Å². The number of aryl methyl sites for hydroxylation is 1. The minimum absolute atomic E-state index is 0.297. The monoisotopic (exact) mass is 296 g/mol. The molecule has 0 spiro atoms. The maximum Gasteiger partial charge on any atom is 0.0914 e. The van der Waals surface area contributed by atoms with E-state index in [0.29, 0.717) is 12.6 Å². The highest BCUT2D eigenvalue weighted by Crippen LogP contribution is 2.29. The largest absolute Gasteiger partial charge is 0.387 e. The van der Waals surface area contributed by atoms with Gasteiger partial charge in [-0.15, -0.1) is 0 Å². The van der Waals surface area contributed by atoms with Crippen LogP contribution in [0.1, 0.15) is 41.7 Å². The number of hydrogen-bond acceptors (Lipinski definition) is 3. The van der Waals surface area contributed by atoms with Gasteiger partial charge in [0, 0.05) is 24.8 Å². The molecule has 0 fully saturated rings. The first-order chi connectivity index (χ1) is 10.7. The van der Waals surface area contributed by atoms with Crippen LogP contribution in [-0.2, 0) is 0 Å². The zero-order valence-corrected chi connectivity index (χ0v) is 13.0. The second-order valence-electron chi connectivity index (χ2n) is 6.05. The van der Waals surface area contributed by atoms with Crippen LogP contribution in [0.3, 0.4) is 0 Å². The van der Waals surface area contributed by atoms with Gasteiger partial charge in [0.15, 0.2) is 0 Å². The molecule has 22 heavy (non-hydrogen) atoms. The normalized spacial score (nSPS) is 18.9. The van der Waals surface area contributed by atoms with E-state index in [1.165, 1.54) is 16.8 Å². The second kappa shape index (κ2) is 6.95. The van der Waals surface area contributed by atoms with Crippen molar-refractivity contribution < 1.29 is 5.11 Å². The molecule has 0 amide bonds. The zero-order valence-electron chi connectivity index (χ0n) is 13.0. The van der Waals surface area contributed by atoms with E-state index in [1.54, 1.807) is 0 Å². The van der Waals surface area contributed by atoms with Gasteiger partial charge in [-0.3, -0.25) is 0 Å². The minimum atomic E-state index is -0.469. The predicted molar refractivity (Wildman–Crippen MR) is 91.0 cm³/mol. The molecule has 3 heteroatoms. The van der Waals surface area contributed by atoms with E-state index in [4.69, 9.17) is 0 Å². The van der Waals surface area contributed by atoms with Crippen LogP contribution in [0, 0.1) is 6.92 Å². The number of fused-ring (bicyclic) bond motifs is 1. The fourth-order valence-corrected chi connectivity index (χ4v) is 3.11. The highest BCUT2D eigenvalue weighted by molar-refractivity contribution is 5.53. The lowest BCUT2D eigenvalue weighted by atomic mass is 10.0. The third kappa shape index (κ3) is 3.49. The van der Waals surface area contributed by atoms with Crippen molar-refractivity contribution in [2.75, 3.05) is 18.4 Å². The van der Waals surface area contributed by atoms with E-state index in [2.05, 4.69) is 54.0 Å². The standard InChI is InChI=1S/C19H24N2O/c1-14-6-4-7-15(12-14)19(22)13-21-18-10-5-11-20-17-9-3-2-8-16(17)18/h2-4,6-9,12,18-22H,5,10-11,13H2,1H3/t18-,19+/m1/s1. The molecule has 3 N–H and O–H groups in total. The van der Waals surface area contributed by atoms with Crippen molar-refractivity contribution in [2.45, 2.75) is 31.9 Å². The van der Waals surface area contributed by atoms with E-state index >= 15 is 0 Å². The number of rotatable bonds is 4. The number of aliphatic hydroxyl groups is 1. The third-order valence-corrected chi connectivity index (χ3v) is 4.31. The molecule has 1 aliphatic rings. The summed E-state index contributed by atoms with van der Waals surface area (Å²) in [7, 11) is 0. The van der Waals surface area contributed by atoms with Crippen molar-refractivity contribution >= 4 is 5.69 Å². The smallest absolute Gasteiger partial charge is 0.0914 e. The number of para-hydroxylation sites is 1. The van der Waals surface area contributed by atoms with Crippen LogP contribution in [0.25, 0.3) is 0 Å². The lowest BCUT2D eigenvalue weighted by Crippen LogP contribution is -2.26. The summed E-state index contributed by atoms with van der Waals surface area (Å²) in [6, 6.07) is 16.8. The average Bonchev–Trinajstić information content (AvgIpc) is 2.75. The van der Waals surface area contributed by atoms with Crippen LogP contribution in [-0.4, -0.2) is 18.2 Å². The molecule has 1 aliphatic heterocycles. The number of aliphatic hydroxyl groups excluding tert-OH is 1. The molecule has 0 bridgehead atoms. The van der Waals surface area contributed by atoms with Crippen LogP contribution in [0.15, 0.2) is 48.5 Å². The van der Waals surface area contributed by atoms with Gasteiger partial charge in [0.25, 0.3) is 0 Å². The lowest BCUT2D eigenvalue weighted by molar-refractivity contribution is 0.169. The van der Waals surface area contributed by atoms with Gasteiger partial charge >= 0.3 is 0 Å². The van der Waals surface area contributed by atoms with E-state index in [0.717, 1.165) is 24.9 Å². The molecule has 3 nitrogen and oxygen atoms in total. The molecular formula is C19H24N2O. The molecule has 3 rings (SSSR count). The van der Waals surface area contributed by atoms with E-state index in [1.807, 2.05) is 12.1 Å². The fourth-order valence-electron chi connectivity index (χ4n) is 3.11. The highest BCUT2D eigenvalue weighted by atomic mass is 16.3. The quantitative estimate of drug-likeness (QED) is 0.808. The van der Waals surface area contributed by atoms with E-state index in [9.17, 15) is 5.11 Å². The zero-order chi connectivity index (χ0) is 15.4. The topological polar surface area (TPSA) is 44.3 Å². The van der Waals surface area contributed by atoms with Crippen LogP contribution < -0.4 is 10.6 Å². The third-order valence-electron chi connectivity index (χ3n) is 4.31. The summed E-state index contributed by atoms with van der Waals surface area (Å²) in [4.78, 5) is 0. The summed E-state index contributed by atoms with van der Waals surface area (Å²) >= 11 is 0. The van der Waals surface area contributed by atoms with Crippen molar-refractivity contribution in [3.63, 3.8) is 0 Å². The van der Waals surface area contributed by atoms with Gasteiger partial charge in [-0.05, 0) is 37.0 Å². The number of benzene rings is 2. The van der Waals surface area contributed by atoms with E-state index in [-0.39, 0.29) is 0 Å². The first-order valence-electron chi connectivity index (χ1n) is 8.05. The minimum Gasteiger partial charge on any atom is -0.387 e. The first-order valence-corrected chi connectivity index (χ1v) is 8.05. The SMILES string of the molecule is Cc1cccc([C@@H](O)CN[C@@H]2CCCNc3ccccc32)c1. The fraction of sp³-hybridized carbons (Fsp3) is 0.368. The Morgan fingerprint density at radius 2 is 2.09 bits per heavy atom. The van der Waals surface area contributed by atoms with Gasteiger partial charge in [-0.2, -0.15) is 0 Å². The Morgan fingerprint density at radius 1 is 1.23 bits per heavy atom. The summed E-state index contributed by atoms with van der Waals surface area (Å²) < 4.78 is 0. The molecule has 0 aromatic heterocycles. The van der Waals surface area contributed by atoms with Crippen molar-refractivity contribution in [1.82, 2.24) is 5.32 Å². The van der Waals surface area contributed by atoms with Gasteiger partial charge in [-0.25, -0.2) is 0 Å². The molecule has 2 atom stereocenters. The Morgan fingerprint density at radius 3 is 2.95 bits per heavy atom. The summed E-state index contributed by atoms with van der Waals surface area (Å²) in [5.41, 5.74) is 4.67. The highest BCUT2D eigenvalue weighted by Gasteiger charge is 2.19. The molecule has 0 unspecified atom stereocenters. The summed E-state index contributed by atoms with van der Waals surface area (Å²) in [5.74, 6) is 0. The van der Waals surface area contributed by atoms with Gasteiger partial charge in [0.2, 0.25) is 0 Å². The van der Waals surface area contributed by atoms with Gasteiger partial charge in [0.05, 0.1) is 6.10 Å². The van der Waals surface area contributed by atoms with Gasteiger partial charge in [0.1, 0.15) is 0 Å². The Balaban J connectivity index is 1.68. The summed E-state index contributed by atoms with van der Waals surface area (Å²) in [6.07, 6.45) is 1.75. The molecule has 0 radical (unpaired) electrons. The number of nitrogens with one attached hydrogen (secondary N) is 2. The Bertz CT molecular complexity index is 626. The van der Waals surface area contributed by atoms with Gasteiger partial charge in [-0.1, -0.05) is 48.0 Å². The van der Waals surface area contributed by atoms with Gasteiger partial charge < -0.3 is 15.7 Å². The van der Waals surface area contributed by atoms with Crippen molar-refractivity contribution in [3.05, 3.63) is 65.2 Å². The van der Waals surface area contributed by atoms with Crippen LogP contribution >= 0.6 is 0 Å². The van der Waals surface area contributed by atoms with Crippen LogP contribution in [0.2, 0.25) is 0 Å². The summed E-state index contributed by atoms with van der Waals surface area (Å²) in [5, 5.41) is 17.4. The van der Waals surface area contributed by atoms with Crippen molar-refractivity contribution in [3.8, 4) is 0 Å². The average molecular weight is 296 g/mol. The molecule has 0 saturated heterocycles. The number of anilines is 1. The Kier molecular flexibility index (Phi) is 4.76. The summed E-state index contributed by atoms with van der Waals surface area (Å²) in [6.45, 7) is 3.63. The van der Waals surface area contributed by atoms with Crippen LogP contribution in [0.5, 0.6) is 0 Å². The van der Waals surface area contributed by atoms with E-state index < -0.39 is 6.10 Å². The van der Waals surface area contributed by atoms with Crippen molar-refractivity contribution in [2.24, 2.45) is 0 Å². The maximum atomic E-state index is 10.4. The Hall–Kier alpha value is -1.84. The second-order valence-corrected chi connectivity index (χ2v) is 6.05. The molecule has 1 heterocycles. The molecule has 2 aromatic rings. The first kappa shape index (κ1) is 15.1. The molecule has 0 saturated carbocycles.